The minimum absolute atomic E-state index is 0. The predicted octanol–water partition coefficient (Wildman–Crippen LogP) is 0.0607. The number of nitrogens with zero attached hydrogens (tertiary/aromatic N) is 1. The summed E-state index contributed by atoms with van der Waals surface area (Å²) >= 11 is 0. The molecule has 10 heavy (non-hydrogen) atoms. The maximum absolute atomic E-state index is 8.46. The second-order valence-electron chi connectivity index (χ2n) is 2.24. The van der Waals surface area contributed by atoms with Gasteiger partial charge in [-0.2, -0.15) is 0 Å². The highest BCUT2D eigenvalue weighted by atomic mass is 35.5. The molecule has 3 nitrogen and oxygen atoms in total. The van der Waals surface area contributed by atoms with E-state index >= 15 is 0 Å². The van der Waals surface area contributed by atoms with Crippen LogP contribution in [0.2, 0.25) is 0 Å². The fourth-order valence-electron chi connectivity index (χ4n) is 0.752. The second-order valence-corrected chi connectivity index (χ2v) is 2.24. The number of likely N-dealkylation sites (N-methyl/N-ethyl adjacent to an activating group) is 1. The fourth-order valence-corrected chi connectivity index (χ4v) is 0.752. The van der Waals surface area contributed by atoms with Gasteiger partial charge in [-0.1, -0.05) is 6.92 Å². The van der Waals surface area contributed by atoms with Crippen LogP contribution < -0.4 is 0 Å². The van der Waals surface area contributed by atoms with Crippen molar-refractivity contribution in [2.24, 2.45) is 0 Å². The molecule has 0 aliphatic rings. The molecule has 64 valence electrons. The molecule has 2 N–H and O–H groups in total. The van der Waals surface area contributed by atoms with Crippen LogP contribution in [0, 0.1) is 0 Å². The van der Waals surface area contributed by atoms with Crippen molar-refractivity contribution in [2.75, 3.05) is 20.1 Å². The molecule has 0 aliphatic carbocycles. The molecule has 0 amide bonds. The van der Waals surface area contributed by atoms with E-state index in [1.807, 2.05) is 11.9 Å². The molecule has 0 saturated heterocycles. The van der Waals surface area contributed by atoms with Crippen LogP contribution in [0.4, 0.5) is 0 Å². The number of aliphatic hydroxyl groups excluding tert-OH is 1. The third-order valence-corrected chi connectivity index (χ3v) is 1.08. The Morgan fingerprint density at radius 3 is 2.20 bits per heavy atom. The zero-order valence-electron chi connectivity index (χ0n) is 6.45. The van der Waals surface area contributed by atoms with Crippen LogP contribution in [0.3, 0.4) is 0 Å². The average molecular weight is 170 g/mol. The Morgan fingerprint density at radius 2 is 1.90 bits per heavy atom. The molecule has 0 saturated carbocycles. The van der Waals surface area contributed by atoms with Gasteiger partial charge >= 0.3 is 0 Å². The first-order valence-corrected chi connectivity index (χ1v) is 3.21. The molecular weight excluding hydrogens is 154 g/mol. The molecule has 0 unspecified atom stereocenters. The SMILES string of the molecule is CCCN(C)CC(O)O.Cl. The van der Waals surface area contributed by atoms with E-state index in [0.717, 1.165) is 13.0 Å². The summed E-state index contributed by atoms with van der Waals surface area (Å²) in [6.07, 6.45) is -0.148. The van der Waals surface area contributed by atoms with Crippen molar-refractivity contribution in [1.82, 2.24) is 4.90 Å². The molecule has 0 rings (SSSR count). The first-order chi connectivity index (χ1) is 4.16. The van der Waals surface area contributed by atoms with Crippen LogP contribution in [0.1, 0.15) is 13.3 Å². The normalized spacial score (nSPS) is 10.2. The summed E-state index contributed by atoms with van der Waals surface area (Å²) in [7, 11) is 1.86. The lowest BCUT2D eigenvalue weighted by Crippen LogP contribution is -2.29. The topological polar surface area (TPSA) is 43.7 Å². The molecule has 0 aromatic rings. The van der Waals surface area contributed by atoms with E-state index in [1.54, 1.807) is 0 Å². The largest absolute Gasteiger partial charge is 0.367 e. The van der Waals surface area contributed by atoms with Gasteiger partial charge in [-0.05, 0) is 20.0 Å². The van der Waals surface area contributed by atoms with Gasteiger partial charge in [0.2, 0.25) is 0 Å². The minimum atomic E-state index is -1.19. The lowest BCUT2D eigenvalue weighted by molar-refractivity contribution is -0.0571. The van der Waals surface area contributed by atoms with Gasteiger partial charge in [0.05, 0.1) is 0 Å². The molecule has 0 radical (unpaired) electrons. The Kier molecular flexibility index (Phi) is 9.33. The van der Waals surface area contributed by atoms with E-state index in [2.05, 4.69) is 6.92 Å². The van der Waals surface area contributed by atoms with Gasteiger partial charge in [0.15, 0.2) is 6.29 Å². The molecule has 0 aliphatic heterocycles. The standard InChI is InChI=1S/C6H15NO2.ClH/c1-3-4-7(2)5-6(8)9;/h6,8-9H,3-5H2,1-2H3;1H. The van der Waals surface area contributed by atoms with Gasteiger partial charge in [-0.3, -0.25) is 0 Å². The summed E-state index contributed by atoms with van der Waals surface area (Å²) in [6.45, 7) is 3.31. The molecule has 0 aromatic carbocycles. The van der Waals surface area contributed by atoms with Crippen LogP contribution in [-0.2, 0) is 0 Å². The van der Waals surface area contributed by atoms with Crippen LogP contribution in [-0.4, -0.2) is 41.5 Å². The van der Waals surface area contributed by atoms with Gasteiger partial charge < -0.3 is 15.1 Å². The smallest absolute Gasteiger partial charge is 0.164 e. The van der Waals surface area contributed by atoms with Gasteiger partial charge in [-0.15, -0.1) is 12.4 Å². The quantitative estimate of drug-likeness (QED) is 0.585. The first-order valence-electron chi connectivity index (χ1n) is 3.21. The van der Waals surface area contributed by atoms with Crippen molar-refractivity contribution >= 4 is 12.4 Å². The third-order valence-electron chi connectivity index (χ3n) is 1.08. The van der Waals surface area contributed by atoms with Crippen molar-refractivity contribution in [1.29, 1.82) is 0 Å². The van der Waals surface area contributed by atoms with Crippen molar-refractivity contribution in [3.05, 3.63) is 0 Å². The Balaban J connectivity index is 0. The highest BCUT2D eigenvalue weighted by molar-refractivity contribution is 5.85. The second kappa shape index (κ2) is 7.28. The summed E-state index contributed by atoms with van der Waals surface area (Å²) in [5.74, 6) is 0. The molecular formula is C6H16ClNO2. The number of halogens is 1. The number of hydrogen-bond donors (Lipinski definition) is 2. The van der Waals surface area contributed by atoms with E-state index in [1.165, 1.54) is 0 Å². The Bertz CT molecular complexity index is 70.8. The average Bonchev–Trinajstić information content (AvgIpc) is 1.63. The zero-order valence-corrected chi connectivity index (χ0v) is 7.27. The highest BCUT2D eigenvalue weighted by Gasteiger charge is 2.00. The molecule has 0 atom stereocenters. The lowest BCUT2D eigenvalue weighted by atomic mass is 10.4. The van der Waals surface area contributed by atoms with Crippen molar-refractivity contribution in [3.63, 3.8) is 0 Å². The summed E-state index contributed by atoms with van der Waals surface area (Å²) in [4.78, 5) is 1.88. The predicted molar refractivity (Wildman–Crippen MR) is 43.3 cm³/mol. The van der Waals surface area contributed by atoms with E-state index in [9.17, 15) is 0 Å². The number of rotatable bonds is 4. The maximum Gasteiger partial charge on any atom is 0.164 e. The lowest BCUT2D eigenvalue weighted by Gasteiger charge is -2.15. The molecule has 0 spiro atoms. The van der Waals surface area contributed by atoms with E-state index in [0.29, 0.717) is 6.54 Å². The van der Waals surface area contributed by atoms with E-state index in [-0.39, 0.29) is 12.4 Å². The molecule has 0 bridgehead atoms. The Morgan fingerprint density at radius 1 is 1.40 bits per heavy atom. The first kappa shape index (κ1) is 12.8. The van der Waals surface area contributed by atoms with Crippen LogP contribution in [0.5, 0.6) is 0 Å². The van der Waals surface area contributed by atoms with E-state index < -0.39 is 6.29 Å². The highest BCUT2D eigenvalue weighted by Crippen LogP contribution is 1.86. The Hall–Kier alpha value is 0.170. The summed E-state index contributed by atoms with van der Waals surface area (Å²) in [5, 5.41) is 16.9. The van der Waals surface area contributed by atoms with Crippen LogP contribution >= 0.6 is 12.4 Å². The van der Waals surface area contributed by atoms with Crippen LogP contribution in [0.25, 0.3) is 0 Å². The third kappa shape index (κ3) is 8.17. The van der Waals surface area contributed by atoms with Gasteiger partial charge in [0.1, 0.15) is 0 Å². The van der Waals surface area contributed by atoms with Crippen molar-refractivity contribution in [2.45, 2.75) is 19.6 Å². The molecule has 0 heterocycles. The van der Waals surface area contributed by atoms with Crippen molar-refractivity contribution in [3.8, 4) is 0 Å². The maximum atomic E-state index is 8.46. The minimum Gasteiger partial charge on any atom is -0.367 e. The monoisotopic (exact) mass is 169 g/mol. The van der Waals surface area contributed by atoms with Crippen LogP contribution in [0.15, 0.2) is 0 Å². The Labute approximate surface area is 68.1 Å². The van der Waals surface area contributed by atoms with Crippen molar-refractivity contribution < 1.29 is 10.2 Å². The fraction of sp³-hybridized carbons (Fsp3) is 1.00. The molecule has 0 aromatic heterocycles. The molecule has 4 heteroatoms. The summed E-state index contributed by atoms with van der Waals surface area (Å²) < 4.78 is 0. The van der Waals surface area contributed by atoms with Gasteiger partial charge in [-0.25, -0.2) is 0 Å². The summed E-state index contributed by atoms with van der Waals surface area (Å²) in [6, 6.07) is 0. The van der Waals surface area contributed by atoms with E-state index in [4.69, 9.17) is 10.2 Å². The number of hydrogen-bond acceptors (Lipinski definition) is 3. The van der Waals surface area contributed by atoms with Gasteiger partial charge in [0.25, 0.3) is 0 Å². The van der Waals surface area contributed by atoms with Gasteiger partial charge in [0, 0.05) is 6.54 Å². The zero-order chi connectivity index (χ0) is 7.28. The summed E-state index contributed by atoms with van der Waals surface area (Å²) in [5.41, 5.74) is 0. The molecule has 0 fully saturated rings. The number of aliphatic hydroxyl groups is 2.